The summed E-state index contributed by atoms with van der Waals surface area (Å²) in [5.41, 5.74) is 13.1. The van der Waals surface area contributed by atoms with Crippen LogP contribution >= 0.6 is 21.6 Å². The molecule has 1 aromatic rings. The fourth-order valence-corrected chi connectivity index (χ4v) is 9.05. The van der Waals surface area contributed by atoms with E-state index >= 15 is 0 Å². The number of amides is 1. The number of aliphatic hydroxyl groups excluding tert-OH is 1. The van der Waals surface area contributed by atoms with Gasteiger partial charge in [-0.15, -0.1) is 0 Å². The number of aliphatic hydroxyl groups is 1. The molecular formula is C33H52N4O6S2. The average Bonchev–Trinajstić information content (AvgIpc) is 3.61. The number of benzene rings is 1. The highest BCUT2D eigenvalue weighted by molar-refractivity contribution is 8.76. The summed E-state index contributed by atoms with van der Waals surface area (Å²) in [4.78, 5) is 31.4. The number of hydrogen-bond acceptors (Lipinski definition) is 9. The quantitative estimate of drug-likeness (QED) is 0.148. The Labute approximate surface area is 275 Å². The molecule has 45 heavy (non-hydrogen) atoms. The molecule has 12 heteroatoms. The summed E-state index contributed by atoms with van der Waals surface area (Å²) in [6.45, 7) is 2.25. The van der Waals surface area contributed by atoms with Crippen LogP contribution in [0.25, 0.3) is 0 Å². The van der Waals surface area contributed by atoms with Crippen LogP contribution in [0.5, 0.6) is 11.5 Å². The number of ether oxygens (including phenoxy) is 2. The molecule has 0 aromatic heterocycles. The topological polar surface area (TPSA) is 161 Å². The highest BCUT2D eigenvalue weighted by atomic mass is 33.1. The largest absolute Gasteiger partial charge is 0.504 e. The van der Waals surface area contributed by atoms with Gasteiger partial charge >= 0.3 is 5.97 Å². The molecule has 0 unspecified atom stereocenters. The number of phenols is 1. The molecule has 10 nitrogen and oxygen atoms in total. The number of guanidine groups is 1. The Morgan fingerprint density at radius 2 is 1.76 bits per heavy atom. The Hall–Kier alpha value is -2.31. The smallest absolute Gasteiger partial charge is 0.302 e. The molecular weight excluding hydrogens is 613 g/mol. The molecule has 4 rings (SSSR count). The second kappa shape index (κ2) is 18.1. The third-order valence-electron chi connectivity index (χ3n) is 8.88. The van der Waals surface area contributed by atoms with E-state index in [1.54, 1.807) is 10.8 Å². The van der Waals surface area contributed by atoms with Crippen molar-refractivity contribution in [3.05, 3.63) is 23.3 Å². The lowest BCUT2D eigenvalue weighted by atomic mass is 9.98. The van der Waals surface area contributed by atoms with Gasteiger partial charge in [-0.3, -0.25) is 9.59 Å². The maximum atomic E-state index is 13.2. The van der Waals surface area contributed by atoms with Crippen LogP contribution in [0.1, 0.15) is 102 Å². The predicted molar refractivity (Wildman–Crippen MR) is 181 cm³/mol. The summed E-state index contributed by atoms with van der Waals surface area (Å²) in [6.07, 6.45) is 10.7. The van der Waals surface area contributed by atoms with Crippen LogP contribution < -0.4 is 16.2 Å². The summed E-state index contributed by atoms with van der Waals surface area (Å²) in [7, 11) is 3.59. The molecule has 1 aromatic carbocycles. The van der Waals surface area contributed by atoms with E-state index in [1.807, 2.05) is 27.8 Å². The maximum Gasteiger partial charge on any atom is 0.302 e. The number of nitrogens with zero attached hydrogens (tertiary/aromatic N) is 2. The van der Waals surface area contributed by atoms with E-state index in [2.05, 4.69) is 4.99 Å². The van der Waals surface area contributed by atoms with Crippen LogP contribution in [0, 0.1) is 5.92 Å². The van der Waals surface area contributed by atoms with E-state index in [0.29, 0.717) is 50.0 Å². The molecule has 1 aliphatic carbocycles. The van der Waals surface area contributed by atoms with E-state index < -0.39 is 12.2 Å². The summed E-state index contributed by atoms with van der Waals surface area (Å²) < 4.78 is 11.9. The van der Waals surface area contributed by atoms with Gasteiger partial charge in [-0.05, 0) is 75.3 Å². The van der Waals surface area contributed by atoms with Gasteiger partial charge in [-0.1, -0.05) is 46.9 Å². The van der Waals surface area contributed by atoms with Gasteiger partial charge in [0.2, 0.25) is 5.91 Å². The molecule has 2 heterocycles. The van der Waals surface area contributed by atoms with E-state index in [1.165, 1.54) is 6.92 Å². The van der Waals surface area contributed by atoms with Crippen molar-refractivity contribution in [1.29, 1.82) is 0 Å². The fraction of sp³-hybridized carbons (Fsp3) is 0.727. The number of phenolic OH excluding ortho intramolecular Hbond substituents is 1. The third kappa shape index (κ3) is 12.1. The van der Waals surface area contributed by atoms with Crippen LogP contribution in [-0.2, 0) is 27.3 Å². The minimum Gasteiger partial charge on any atom is -0.504 e. The molecule has 1 saturated carbocycles. The SMILES string of the molecule is CC(=O)O[C@H]1CCc2cc(c(O)c(OC3CCCC3)c2)CN2C[C@@H](CC2=O)C[C@@H](N=C(N)N)CSSCCCCCC[C@H](O)C1. The van der Waals surface area contributed by atoms with Crippen LogP contribution in [0.2, 0.25) is 0 Å². The first kappa shape index (κ1) is 35.5. The molecule has 3 aliphatic rings. The summed E-state index contributed by atoms with van der Waals surface area (Å²) in [5.74, 6) is 2.19. The Kier molecular flexibility index (Phi) is 14.3. The Balaban J connectivity index is 1.56. The van der Waals surface area contributed by atoms with Crippen molar-refractivity contribution in [1.82, 2.24) is 4.90 Å². The lowest BCUT2D eigenvalue weighted by Gasteiger charge is -2.23. The van der Waals surface area contributed by atoms with Gasteiger partial charge in [0.05, 0.1) is 18.2 Å². The molecule has 2 fully saturated rings. The maximum absolute atomic E-state index is 13.2. The number of esters is 1. The predicted octanol–water partition coefficient (Wildman–Crippen LogP) is 5.06. The molecule has 0 spiro atoms. The van der Waals surface area contributed by atoms with E-state index in [9.17, 15) is 19.8 Å². The number of fused-ring (bicyclic) bond motifs is 4. The van der Waals surface area contributed by atoms with E-state index in [0.717, 1.165) is 74.9 Å². The molecule has 4 bridgehead atoms. The van der Waals surface area contributed by atoms with Gasteiger partial charge in [0, 0.05) is 49.9 Å². The third-order valence-corrected chi connectivity index (χ3v) is 11.4. The zero-order valence-electron chi connectivity index (χ0n) is 26.7. The number of nitrogens with two attached hydrogens (primary N) is 2. The molecule has 6 N–H and O–H groups in total. The zero-order chi connectivity index (χ0) is 32.2. The lowest BCUT2D eigenvalue weighted by molar-refractivity contribution is -0.148. The van der Waals surface area contributed by atoms with Crippen molar-refractivity contribution in [3.63, 3.8) is 0 Å². The highest BCUT2D eigenvalue weighted by Crippen LogP contribution is 2.38. The van der Waals surface area contributed by atoms with Crippen molar-refractivity contribution in [2.24, 2.45) is 22.4 Å². The van der Waals surface area contributed by atoms with Crippen LogP contribution in [0.15, 0.2) is 17.1 Å². The zero-order valence-corrected chi connectivity index (χ0v) is 28.3. The monoisotopic (exact) mass is 664 g/mol. The number of rotatable bonds is 4. The molecule has 2 aliphatic heterocycles. The number of carbonyl (C=O) groups is 2. The number of hydrogen-bond donors (Lipinski definition) is 4. The minimum absolute atomic E-state index is 0.0481. The number of aliphatic imine (C=N–C) groups is 1. The fourth-order valence-electron chi connectivity index (χ4n) is 6.68. The Bertz CT molecular complexity index is 1140. The highest BCUT2D eigenvalue weighted by Gasteiger charge is 2.32. The lowest BCUT2D eigenvalue weighted by Crippen LogP contribution is -2.28. The molecule has 0 radical (unpaired) electrons. The Morgan fingerprint density at radius 1 is 1.00 bits per heavy atom. The van der Waals surface area contributed by atoms with Crippen molar-refractivity contribution in [2.75, 3.05) is 18.1 Å². The van der Waals surface area contributed by atoms with Gasteiger partial charge in [0.1, 0.15) is 6.10 Å². The van der Waals surface area contributed by atoms with Crippen molar-refractivity contribution >= 4 is 39.4 Å². The number of aromatic hydroxyl groups is 1. The molecule has 252 valence electrons. The van der Waals surface area contributed by atoms with Crippen LogP contribution in [-0.4, -0.2) is 75.4 Å². The second-order valence-corrected chi connectivity index (χ2v) is 15.5. The summed E-state index contributed by atoms with van der Waals surface area (Å²) in [5, 5.41) is 22.1. The first-order valence-corrected chi connectivity index (χ1v) is 19.1. The van der Waals surface area contributed by atoms with Crippen molar-refractivity contribution in [2.45, 2.75) is 128 Å². The normalized spacial score (nSPS) is 26.7. The minimum atomic E-state index is -0.542. The van der Waals surface area contributed by atoms with Gasteiger partial charge in [-0.2, -0.15) is 0 Å². The van der Waals surface area contributed by atoms with Crippen molar-refractivity contribution < 1.29 is 29.3 Å². The van der Waals surface area contributed by atoms with Gasteiger partial charge in [0.15, 0.2) is 17.5 Å². The van der Waals surface area contributed by atoms with Crippen LogP contribution in [0.4, 0.5) is 0 Å². The van der Waals surface area contributed by atoms with Gasteiger partial charge < -0.3 is 36.1 Å². The Morgan fingerprint density at radius 3 is 2.51 bits per heavy atom. The van der Waals surface area contributed by atoms with E-state index in [-0.39, 0.29) is 48.2 Å². The number of carbonyl (C=O) groups excluding carboxylic acids is 2. The van der Waals surface area contributed by atoms with Crippen molar-refractivity contribution in [3.8, 4) is 11.5 Å². The van der Waals surface area contributed by atoms with Gasteiger partial charge in [0.25, 0.3) is 0 Å². The number of aryl methyl sites for hydroxylation is 1. The second-order valence-electron chi connectivity index (χ2n) is 12.9. The molecule has 1 saturated heterocycles. The first-order chi connectivity index (χ1) is 21.7. The van der Waals surface area contributed by atoms with Gasteiger partial charge in [-0.25, -0.2) is 4.99 Å². The standard InChI is InChI=1S/C33H52N4O6S2/c1-22(38)42-29-12-11-23-14-25(32(41)30(16-23)43-28-9-5-6-10-28)20-37-19-24(17-31(37)40)15-26(36-33(34)35)21-45-44-13-7-3-2-4-8-27(39)18-29/h14,16,24,26-29,39,41H,2-13,15,17-21H2,1H3,(H4,34,35,36)/t24-,26-,27+,29+/m1/s1. The molecule has 1 amide bonds. The first-order valence-electron chi connectivity index (χ1n) is 16.6. The van der Waals surface area contributed by atoms with Crippen LogP contribution in [0.3, 0.4) is 0 Å². The molecule has 4 atom stereocenters. The average molecular weight is 665 g/mol. The van der Waals surface area contributed by atoms with E-state index in [4.69, 9.17) is 20.9 Å². The summed E-state index contributed by atoms with van der Waals surface area (Å²) in [6, 6.07) is 3.75. The summed E-state index contributed by atoms with van der Waals surface area (Å²) >= 11 is 0.